The Labute approximate surface area is 178 Å². The van der Waals surface area contributed by atoms with E-state index in [2.05, 4.69) is 29.2 Å². The summed E-state index contributed by atoms with van der Waals surface area (Å²) in [5.41, 5.74) is 2.33. The monoisotopic (exact) mass is 413 g/mol. The molecule has 4 rings (SSSR count). The lowest BCUT2D eigenvalue weighted by Gasteiger charge is -2.33. The molecule has 6 heteroatoms. The normalized spacial score (nSPS) is 30.8. The van der Waals surface area contributed by atoms with Gasteiger partial charge in [-0.2, -0.15) is 0 Å². The van der Waals surface area contributed by atoms with Crippen molar-refractivity contribution in [2.75, 3.05) is 13.7 Å². The highest BCUT2D eigenvalue weighted by Crippen LogP contribution is 2.35. The highest BCUT2D eigenvalue weighted by atomic mass is 16.8. The summed E-state index contributed by atoms with van der Waals surface area (Å²) in [7, 11) is 1.62. The molecule has 2 aliphatic rings. The molecule has 0 saturated carbocycles. The van der Waals surface area contributed by atoms with Crippen LogP contribution in [0.1, 0.15) is 25.0 Å². The van der Waals surface area contributed by atoms with Crippen LogP contribution in [0.3, 0.4) is 0 Å². The average molecular weight is 414 g/mol. The number of methoxy groups -OCH3 is 1. The van der Waals surface area contributed by atoms with Crippen molar-refractivity contribution in [1.29, 1.82) is 0 Å². The van der Waals surface area contributed by atoms with E-state index in [-0.39, 0.29) is 12.1 Å². The molecule has 2 heterocycles. The number of aliphatic hydroxyl groups is 1. The molecule has 2 aliphatic heterocycles. The molecule has 5 atom stereocenters. The minimum atomic E-state index is -0.773. The first-order valence-electron chi connectivity index (χ1n) is 10.5. The molecule has 30 heavy (non-hydrogen) atoms. The molecule has 0 aliphatic carbocycles. The van der Waals surface area contributed by atoms with E-state index in [0.717, 1.165) is 0 Å². The van der Waals surface area contributed by atoms with Crippen molar-refractivity contribution in [1.82, 2.24) is 4.90 Å². The van der Waals surface area contributed by atoms with Crippen molar-refractivity contribution in [3.8, 4) is 0 Å². The van der Waals surface area contributed by atoms with Crippen molar-refractivity contribution in [3.63, 3.8) is 0 Å². The second-order valence-electron chi connectivity index (χ2n) is 8.43. The highest BCUT2D eigenvalue weighted by molar-refractivity contribution is 5.18. The number of hydrogen-bond donors (Lipinski definition) is 1. The number of aliphatic hydroxyl groups excluding tert-OH is 1. The Morgan fingerprint density at radius 1 is 1.00 bits per heavy atom. The maximum absolute atomic E-state index is 11.3. The van der Waals surface area contributed by atoms with E-state index in [1.54, 1.807) is 7.11 Å². The number of rotatable bonds is 7. The van der Waals surface area contributed by atoms with Crippen LogP contribution in [0, 0.1) is 0 Å². The van der Waals surface area contributed by atoms with Crippen LogP contribution in [-0.2, 0) is 32.0 Å². The molecule has 1 N–H and O–H groups in total. The first-order chi connectivity index (χ1) is 14.5. The SMILES string of the molecule is CO[C@@H]1O[C@@H]([C@H]2COC(C)(C)O2)[C@H](O)[C@H]1N(Cc1ccccc1)Cc1ccccc1. The van der Waals surface area contributed by atoms with E-state index in [9.17, 15) is 5.11 Å². The molecule has 0 spiro atoms. The minimum absolute atomic E-state index is 0.340. The molecule has 0 amide bonds. The van der Waals surface area contributed by atoms with Crippen molar-refractivity contribution in [2.24, 2.45) is 0 Å². The van der Waals surface area contributed by atoms with E-state index in [1.165, 1.54) is 11.1 Å². The molecule has 2 fully saturated rings. The lowest BCUT2D eigenvalue weighted by molar-refractivity contribution is -0.183. The lowest BCUT2D eigenvalue weighted by Crippen LogP contribution is -2.49. The second kappa shape index (κ2) is 9.14. The standard InChI is InChI=1S/C24H31NO5/c1-24(2)28-16-19(30-24)22-21(26)20(23(27-3)29-22)25(14-17-10-6-4-7-11-17)15-18-12-8-5-9-13-18/h4-13,19-23,26H,14-16H2,1-3H3/t19-,20-,21-,22+,23-/m1/s1. The Kier molecular flexibility index (Phi) is 6.53. The fraction of sp³-hybridized carbons (Fsp3) is 0.500. The summed E-state index contributed by atoms with van der Waals surface area (Å²) in [6, 6.07) is 20.2. The number of hydrogen-bond acceptors (Lipinski definition) is 6. The largest absolute Gasteiger partial charge is 0.388 e. The van der Waals surface area contributed by atoms with Gasteiger partial charge in [-0.15, -0.1) is 0 Å². The van der Waals surface area contributed by atoms with Crippen molar-refractivity contribution in [3.05, 3.63) is 71.8 Å². The summed E-state index contributed by atoms with van der Waals surface area (Å²) in [4.78, 5) is 2.23. The van der Waals surface area contributed by atoms with Crippen LogP contribution in [0.15, 0.2) is 60.7 Å². The third kappa shape index (κ3) is 4.75. The highest BCUT2D eigenvalue weighted by Gasteiger charge is 2.52. The summed E-state index contributed by atoms with van der Waals surface area (Å²) < 4.78 is 23.5. The van der Waals surface area contributed by atoms with Gasteiger partial charge in [-0.25, -0.2) is 0 Å². The van der Waals surface area contributed by atoms with E-state index in [0.29, 0.717) is 19.7 Å². The second-order valence-corrected chi connectivity index (χ2v) is 8.43. The van der Waals surface area contributed by atoms with Crippen LogP contribution in [0.25, 0.3) is 0 Å². The summed E-state index contributed by atoms with van der Waals surface area (Å²) >= 11 is 0. The van der Waals surface area contributed by atoms with Gasteiger partial charge in [-0.3, -0.25) is 4.90 Å². The molecule has 2 saturated heterocycles. The predicted octanol–water partition coefficient (Wildman–Crippen LogP) is 2.94. The van der Waals surface area contributed by atoms with Gasteiger partial charge in [0.15, 0.2) is 12.1 Å². The zero-order chi connectivity index (χ0) is 21.1. The molecule has 0 aromatic heterocycles. The average Bonchev–Trinajstić information content (AvgIpc) is 3.27. The number of benzene rings is 2. The summed E-state index contributed by atoms with van der Waals surface area (Å²) in [6.45, 7) is 5.46. The van der Waals surface area contributed by atoms with Crippen molar-refractivity contribution in [2.45, 2.75) is 63.4 Å². The Morgan fingerprint density at radius 3 is 2.03 bits per heavy atom. The van der Waals surface area contributed by atoms with Gasteiger partial charge < -0.3 is 24.1 Å². The number of nitrogens with zero attached hydrogens (tertiary/aromatic N) is 1. The molecule has 0 bridgehead atoms. The molecule has 6 nitrogen and oxygen atoms in total. The van der Waals surface area contributed by atoms with E-state index in [1.807, 2.05) is 50.2 Å². The van der Waals surface area contributed by atoms with Gasteiger partial charge in [0.1, 0.15) is 18.3 Å². The van der Waals surface area contributed by atoms with Gasteiger partial charge in [0.05, 0.1) is 12.6 Å². The Hall–Kier alpha value is -1.80. The maximum Gasteiger partial charge on any atom is 0.175 e. The zero-order valence-corrected chi connectivity index (χ0v) is 17.8. The third-order valence-electron chi connectivity index (χ3n) is 5.76. The van der Waals surface area contributed by atoms with Crippen molar-refractivity contribution < 1.29 is 24.1 Å². The van der Waals surface area contributed by atoms with Crippen LogP contribution in [0.2, 0.25) is 0 Å². The molecule has 2 aromatic rings. The number of ether oxygens (including phenoxy) is 4. The molecule has 162 valence electrons. The lowest BCUT2D eigenvalue weighted by atomic mass is 10.0. The zero-order valence-electron chi connectivity index (χ0n) is 17.8. The van der Waals surface area contributed by atoms with Crippen LogP contribution < -0.4 is 0 Å². The molecule has 0 unspecified atom stereocenters. The van der Waals surface area contributed by atoms with Gasteiger partial charge >= 0.3 is 0 Å². The molecular weight excluding hydrogens is 382 g/mol. The third-order valence-corrected chi connectivity index (χ3v) is 5.76. The van der Waals surface area contributed by atoms with Crippen molar-refractivity contribution >= 4 is 0 Å². The van der Waals surface area contributed by atoms with Crippen LogP contribution in [0.4, 0.5) is 0 Å². The van der Waals surface area contributed by atoms with Gasteiger partial charge in [0.25, 0.3) is 0 Å². The topological polar surface area (TPSA) is 60.4 Å². The van der Waals surface area contributed by atoms with Gasteiger partial charge in [0.2, 0.25) is 0 Å². The van der Waals surface area contributed by atoms with E-state index in [4.69, 9.17) is 18.9 Å². The Bertz CT molecular complexity index is 758. The van der Waals surface area contributed by atoms with Crippen LogP contribution >= 0.6 is 0 Å². The van der Waals surface area contributed by atoms with Crippen LogP contribution in [-0.4, -0.2) is 60.2 Å². The Morgan fingerprint density at radius 2 is 1.57 bits per heavy atom. The molecule has 2 aromatic carbocycles. The Balaban J connectivity index is 1.58. The minimum Gasteiger partial charge on any atom is -0.388 e. The summed E-state index contributed by atoms with van der Waals surface area (Å²) in [6.07, 6.45) is -2.20. The quantitative estimate of drug-likeness (QED) is 0.753. The summed E-state index contributed by atoms with van der Waals surface area (Å²) in [5, 5.41) is 11.3. The summed E-state index contributed by atoms with van der Waals surface area (Å²) in [5.74, 6) is -0.678. The van der Waals surface area contributed by atoms with Crippen LogP contribution in [0.5, 0.6) is 0 Å². The predicted molar refractivity (Wildman–Crippen MR) is 112 cm³/mol. The molecule has 0 radical (unpaired) electrons. The smallest absolute Gasteiger partial charge is 0.175 e. The fourth-order valence-electron chi connectivity index (χ4n) is 4.34. The fourth-order valence-corrected chi connectivity index (χ4v) is 4.34. The first kappa shape index (κ1) is 21.4. The maximum atomic E-state index is 11.3. The van der Waals surface area contributed by atoms with E-state index >= 15 is 0 Å². The molecular formula is C24H31NO5. The first-order valence-corrected chi connectivity index (χ1v) is 10.5. The van der Waals surface area contributed by atoms with Gasteiger partial charge in [0, 0.05) is 20.2 Å². The van der Waals surface area contributed by atoms with E-state index < -0.39 is 24.3 Å². The van der Waals surface area contributed by atoms with Gasteiger partial charge in [-0.05, 0) is 25.0 Å². The van der Waals surface area contributed by atoms with Gasteiger partial charge in [-0.1, -0.05) is 60.7 Å².